The van der Waals surface area contributed by atoms with Crippen LogP contribution in [0.1, 0.15) is 15.9 Å². The van der Waals surface area contributed by atoms with E-state index in [1.165, 1.54) is 16.3 Å². The summed E-state index contributed by atoms with van der Waals surface area (Å²) < 4.78 is 2.28. The summed E-state index contributed by atoms with van der Waals surface area (Å²) in [4.78, 5) is 12.0. The largest absolute Gasteiger partial charge is 0.366 e. The summed E-state index contributed by atoms with van der Waals surface area (Å²) in [6.07, 6.45) is 0. The highest BCUT2D eigenvalue weighted by molar-refractivity contribution is 6.17. The van der Waals surface area contributed by atoms with Crippen molar-refractivity contribution in [1.29, 1.82) is 0 Å². The summed E-state index contributed by atoms with van der Waals surface area (Å²) in [5.41, 5.74) is 9.61. The number of nitrogens with two attached hydrogens (primary N) is 1. The predicted molar refractivity (Wildman–Crippen MR) is 111 cm³/mol. The summed E-state index contributed by atoms with van der Waals surface area (Å²) >= 11 is 0. The van der Waals surface area contributed by atoms with E-state index < -0.39 is 5.91 Å². The number of carbonyl (C=O) groups excluding carboxylic acids is 1. The fourth-order valence-electron chi connectivity index (χ4n) is 4.07. The zero-order valence-corrected chi connectivity index (χ0v) is 14.7. The first kappa shape index (κ1) is 15.6. The molecule has 1 amide bonds. The molecule has 5 rings (SSSR count). The molecule has 130 valence electrons. The maximum Gasteiger partial charge on any atom is 0.249 e. The predicted octanol–water partition coefficient (Wildman–Crippen LogP) is 5.09. The van der Waals surface area contributed by atoms with Gasteiger partial charge in [0.05, 0.1) is 5.52 Å². The lowest BCUT2D eigenvalue weighted by molar-refractivity contribution is 0.100. The lowest BCUT2D eigenvalue weighted by atomic mass is 10.0. The SMILES string of the molecule is NC(=O)c1cccc2c1c1ccccc1n2Cc1cccc2ccccc12. The number of benzene rings is 4. The normalized spacial score (nSPS) is 11.4. The molecular formula is C24H18N2O. The number of nitrogens with zero attached hydrogens (tertiary/aromatic N) is 1. The molecule has 1 aromatic heterocycles. The van der Waals surface area contributed by atoms with Gasteiger partial charge < -0.3 is 10.3 Å². The molecule has 0 unspecified atom stereocenters. The Balaban J connectivity index is 1.82. The van der Waals surface area contributed by atoms with E-state index in [0.29, 0.717) is 5.56 Å². The van der Waals surface area contributed by atoms with Crippen LogP contribution in [0.25, 0.3) is 32.6 Å². The van der Waals surface area contributed by atoms with Crippen molar-refractivity contribution < 1.29 is 4.79 Å². The third-order valence-electron chi connectivity index (χ3n) is 5.27. The summed E-state index contributed by atoms with van der Waals surface area (Å²) in [5.74, 6) is -0.395. The average molecular weight is 350 g/mol. The minimum absolute atomic E-state index is 0.395. The number of fused-ring (bicyclic) bond motifs is 4. The van der Waals surface area contributed by atoms with Gasteiger partial charge in [-0.1, -0.05) is 66.7 Å². The van der Waals surface area contributed by atoms with Gasteiger partial charge >= 0.3 is 0 Å². The van der Waals surface area contributed by atoms with Gasteiger partial charge in [0.15, 0.2) is 0 Å². The highest BCUT2D eigenvalue weighted by Gasteiger charge is 2.16. The first-order valence-electron chi connectivity index (χ1n) is 9.00. The molecular weight excluding hydrogens is 332 g/mol. The van der Waals surface area contributed by atoms with Gasteiger partial charge in [0, 0.05) is 28.4 Å². The molecule has 4 aromatic carbocycles. The van der Waals surface area contributed by atoms with Gasteiger partial charge in [0.25, 0.3) is 0 Å². The Bertz CT molecular complexity index is 1330. The molecule has 3 heteroatoms. The van der Waals surface area contributed by atoms with Crippen LogP contribution in [-0.2, 0) is 6.54 Å². The van der Waals surface area contributed by atoms with Crippen LogP contribution in [0.5, 0.6) is 0 Å². The number of primary amides is 1. The van der Waals surface area contributed by atoms with E-state index in [0.717, 1.165) is 28.4 Å². The van der Waals surface area contributed by atoms with E-state index in [1.54, 1.807) is 6.07 Å². The summed E-state index contributed by atoms with van der Waals surface area (Å²) in [7, 11) is 0. The number of carbonyl (C=O) groups is 1. The smallest absolute Gasteiger partial charge is 0.249 e. The minimum atomic E-state index is -0.395. The van der Waals surface area contributed by atoms with Crippen molar-refractivity contribution in [3.05, 3.63) is 96.1 Å². The standard InChI is InChI=1S/C24H18N2O/c25-24(27)20-12-6-14-22-23(20)19-11-3-4-13-21(19)26(22)15-17-9-5-8-16-7-1-2-10-18(16)17/h1-14H,15H2,(H2,25,27). The first-order valence-corrected chi connectivity index (χ1v) is 9.00. The molecule has 0 aliphatic heterocycles. The van der Waals surface area contributed by atoms with Crippen LogP contribution in [-0.4, -0.2) is 10.5 Å². The van der Waals surface area contributed by atoms with Crippen LogP contribution in [0.15, 0.2) is 84.9 Å². The van der Waals surface area contributed by atoms with Gasteiger partial charge in [-0.2, -0.15) is 0 Å². The van der Waals surface area contributed by atoms with E-state index in [2.05, 4.69) is 65.2 Å². The minimum Gasteiger partial charge on any atom is -0.366 e. The molecule has 1 heterocycles. The van der Waals surface area contributed by atoms with Crippen molar-refractivity contribution in [2.75, 3.05) is 0 Å². The Morgan fingerprint density at radius 1 is 0.741 bits per heavy atom. The quantitative estimate of drug-likeness (QED) is 0.484. The third kappa shape index (κ3) is 2.40. The van der Waals surface area contributed by atoms with Crippen LogP contribution in [0.4, 0.5) is 0 Å². The monoisotopic (exact) mass is 350 g/mol. The van der Waals surface area contributed by atoms with Crippen LogP contribution in [0, 0.1) is 0 Å². The summed E-state index contributed by atoms with van der Waals surface area (Å²) in [6, 6.07) is 28.8. The average Bonchev–Trinajstić information content (AvgIpc) is 3.02. The lowest BCUT2D eigenvalue weighted by Crippen LogP contribution is -2.11. The molecule has 0 saturated heterocycles. The van der Waals surface area contributed by atoms with Crippen molar-refractivity contribution in [3.63, 3.8) is 0 Å². The Kier molecular flexibility index (Phi) is 3.47. The van der Waals surface area contributed by atoms with Crippen molar-refractivity contribution in [2.24, 2.45) is 5.73 Å². The highest BCUT2D eigenvalue weighted by Crippen LogP contribution is 2.33. The van der Waals surface area contributed by atoms with Crippen molar-refractivity contribution in [3.8, 4) is 0 Å². The van der Waals surface area contributed by atoms with Crippen molar-refractivity contribution >= 4 is 38.5 Å². The van der Waals surface area contributed by atoms with Crippen molar-refractivity contribution in [2.45, 2.75) is 6.54 Å². The molecule has 5 aromatic rings. The van der Waals surface area contributed by atoms with Gasteiger partial charge in [-0.05, 0) is 34.5 Å². The second-order valence-electron chi connectivity index (χ2n) is 6.81. The van der Waals surface area contributed by atoms with Gasteiger partial charge in [0.2, 0.25) is 5.91 Å². The molecule has 0 atom stereocenters. The van der Waals surface area contributed by atoms with E-state index in [4.69, 9.17) is 5.73 Å². The summed E-state index contributed by atoms with van der Waals surface area (Å²) in [6.45, 7) is 0.730. The zero-order chi connectivity index (χ0) is 18.4. The fourth-order valence-corrected chi connectivity index (χ4v) is 4.07. The second kappa shape index (κ2) is 5.99. The molecule has 0 radical (unpaired) electrons. The first-order chi connectivity index (χ1) is 13.2. The number of aromatic nitrogens is 1. The van der Waals surface area contributed by atoms with Crippen molar-refractivity contribution in [1.82, 2.24) is 4.57 Å². The fraction of sp³-hybridized carbons (Fsp3) is 0.0417. The Hall–Kier alpha value is -3.59. The zero-order valence-electron chi connectivity index (χ0n) is 14.7. The van der Waals surface area contributed by atoms with E-state index in [1.807, 2.05) is 18.2 Å². The number of hydrogen-bond donors (Lipinski definition) is 1. The number of rotatable bonds is 3. The van der Waals surface area contributed by atoms with E-state index >= 15 is 0 Å². The van der Waals surface area contributed by atoms with Crippen LogP contribution < -0.4 is 5.73 Å². The maximum absolute atomic E-state index is 12.0. The van der Waals surface area contributed by atoms with Crippen LogP contribution >= 0.6 is 0 Å². The maximum atomic E-state index is 12.0. The summed E-state index contributed by atoms with van der Waals surface area (Å²) in [5, 5.41) is 4.47. The molecule has 3 nitrogen and oxygen atoms in total. The molecule has 0 spiro atoms. The molecule has 27 heavy (non-hydrogen) atoms. The Labute approximate surface area is 156 Å². The third-order valence-corrected chi connectivity index (χ3v) is 5.27. The van der Waals surface area contributed by atoms with Gasteiger partial charge in [-0.25, -0.2) is 0 Å². The topological polar surface area (TPSA) is 48.0 Å². The Morgan fingerprint density at radius 3 is 2.26 bits per heavy atom. The second-order valence-corrected chi connectivity index (χ2v) is 6.81. The molecule has 0 saturated carbocycles. The van der Waals surface area contributed by atoms with Gasteiger partial charge in [-0.15, -0.1) is 0 Å². The molecule has 2 N–H and O–H groups in total. The number of hydrogen-bond acceptors (Lipinski definition) is 1. The highest BCUT2D eigenvalue weighted by atomic mass is 16.1. The van der Waals surface area contributed by atoms with Crippen LogP contribution in [0.2, 0.25) is 0 Å². The van der Waals surface area contributed by atoms with Gasteiger partial charge in [-0.3, -0.25) is 4.79 Å². The number of para-hydroxylation sites is 1. The van der Waals surface area contributed by atoms with Gasteiger partial charge in [0.1, 0.15) is 0 Å². The molecule has 0 fully saturated rings. The van der Waals surface area contributed by atoms with Crippen LogP contribution in [0.3, 0.4) is 0 Å². The molecule has 0 bridgehead atoms. The number of amides is 1. The lowest BCUT2D eigenvalue weighted by Gasteiger charge is -2.11. The molecule has 0 aliphatic rings. The van der Waals surface area contributed by atoms with E-state index in [9.17, 15) is 4.79 Å². The van der Waals surface area contributed by atoms with E-state index in [-0.39, 0.29) is 0 Å². The molecule has 0 aliphatic carbocycles. The Morgan fingerprint density at radius 2 is 1.41 bits per heavy atom.